The van der Waals surface area contributed by atoms with E-state index in [0.717, 1.165) is 42.7 Å². The molecule has 5 rings (SSSR count). The number of carbonyl (C=O) groups excluding carboxylic acids is 2. The van der Waals surface area contributed by atoms with Crippen LogP contribution in [-0.4, -0.2) is 67.1 Å². The van der Waals surface area contributed by atoms with Crippen molar-refractivity contribution in [3.05, 3.63) is 53.6 Å². The van der Waals surface area contributed by atoms with Crippen molar-refractivity contribution in [2.45, 2.75) is 12.8 Å². The zero-order valence-electron chi connectivity index (χ0n) is 19.6. The van der Waals surface area contributed by atoms with Crippen molar-refractivity contribution >= 4 is 23.1 Å². The SMILES string of the molecule is CN(C)c1ccc(-c2[nH]nc3c2C(=O)c2c(NC(=O)CN4CCC(CN)CC4)cccc2-3)cc1. The molecule has 1 fully saturated rings. The van der Waals surface area contributed by atoms with Crippen molar-refractivity contribution in [1.29, 1.82) is 0 Å². The molecular formula is C26H30N6O2. The first-order valence-corrected chi connectivity index (χ1v) is 11.7. The molecule has 3 aromatic rings. The van der Waals surface area contributed by atoms with Crippen molar-refractivity contribution in [1.82, 2.24) is 15.1 Å². The van der Waals surface area contributed by atoms with E-state index in [0.29, 0.717) is 47.2 Å². The first-order valence-electron chi connectivity index (χ1n) is 11.7. The summed E-state index contributed by atoms with van der Waals surface area (Å²) in [4.78, 5) is 30.5. The van der Waals surface area contributed by atoms with Crippen LogP contribution >= 0.6 is 0 Å². The van der Waals surface area contributed by atoms with Crippen LogP contribution in [0.4, 0.5) is 11.4 Å². The highest BCUT2D eigenvalue weighted by Crippen LogP contribution is 2.43. The number of piperidine rings is 1. The molecular weight excluding hydrogens is 428 g/mol. The summed E-state index contributed by atoms with van der Waals surface area (Å²) in [6.45, 7) is 2.75. The predicted octanol–water partition coefficient (Wildman–Crippen LogP) is 2.96. The number of hydrogen-bond donors (Lipinski definition) is 3. The molecule has 2 aromatic carbocycles. The summed E-state index contributed by atoms with van der Waals surface area (Å²) in [5.41, 5.74) is 11.4. The molecule has 0 spiro atoms. The van der Waals surface area contributed by atoms with Gasteiger partial charge in [-0.1, -0.05) is 24.3 Å². The number of likely N-dealkylation sites (tertiary alicyclic amines) is 1. The van der Waals surface area contributed by atoms with E-state index in [-0.39, 0.29) is 11.7 Å². The van der Waals surface area contributed by atoms with Crippen LogP contribution in [0.5, 0.6) is 0 Å². The number of aromatic amines is 1. The maximum atomic E-state index is 13.5. The van der Waals surface area contributed by atoms with Gasteiger partial charge in [-0.2, -0.15) is 5.10 Å². The summed E-state index contributed by atoms with van der Waals surface area (Å²) in [7, 11) is 3.97. The van der Waals surface area contributed by atoms with E-state index in [1.54, 1.807) is 6.07 Å². The van der Waals surface area contributed by atoms with Gasteiger partial charge in [0.25, 0.3) is 0 Å². The van der Waals surface area contributed by atoms with Crippen LogP contribution in [0.3, 0.4) is 0 Å². The Kier molecular flexibility index (Phi) is 5.93. The molecule has 1 saturated heterocycles. The van der Waals surface area contributed by atoms with Crippen LogP contribution in [0.1, 0.15) is 28.8 Å². The fourth-order valence-electron chi connectivity index (χ4n) is 4.89. The second-order valence-corrected chi connectivity index (χ2v) is 9.32. The van der Waals surface area contributed by atoms with E-state index in [9.17, 15) is 9.59 Å². The molecule has 0 saturated carbocycles. The van der Waals surface area contributed by atoms with Crippen LogP contribution < -0.4 is 16.0 Å². The lowest BCUT2D eigenvalue weighted by atomic mass is 9.97. The second-order valence-electron chi connectivity index (χ2n) is 9.32. The third-order valence-electron chi connectivity index (χ3n) is 6.89. The minimum absolute atomic E-state index is 0.113. The number of rotatable bonds is 6. The van der Waals surface area contributed by atoms with Gasteiger partial charge in [0.15, 0.2) is 5.78 Å². The van der Waals surface area contributed by atoms with Gasteiger partial charge in [0.2, 0.25) is 5.91 Å². The van der Waals surface area contributed by atoms with Crippen molar-refractivity contribution in [3.63, 3.8) is 0 Å². The first kappa shape index (κ1) is 22.3. The first-order chi connectivity index (χ1) is 16.5. The Morgan fingerprint density at radius 1 is 1.15 bits per heavy atom. The van der Waals surface area contributed by atoms with Gasteiger partial charge in [-0.25, -0.2) is 0 Å². The van der Waals surface area contributed by atoms with E-state index < -0.39 is 0 Å². The fraction of sp³-hybridized carbons (Fsp3) is 0.346. The number of carbonyl (C=O) groups is 2. The zero-order chi connectivity index (χ0) is 23.8. The number of ketones is 1. The monoisotopic (exact) mass is 458 g/mol. The molecule has 34 heavy (non-hydrogen) atoms. The van der Waals surface area contributed by atoms with E-state index in [4.69, 9.17) is 5.73 Å². The van der Waals surface area contributed by atoms with E-state index in [1.807, 2.05) is 55.4 Å². The molecule has 0 radical (unpaired) electrons. The molecule has 176 valence electrons. The molecule has 2 heterocycles. The Morgan fingerprint density at radius 2 is 1.88 bits per heavy atom. The van der Waals surface area contributed by atoms with E-state index in [2.05, 4.69) is 20.4 Å². The highest BCUT2D eigenvalue weighted by molar-refractivity contribution is 6.27. The molecule has 1 amide bonds. The largest absolute Gasteiger partial charge is 0.378 e. The maximum absolute atomic E-state index is 13.5. The molecule has 2 aliphatic rings. The smallest absolute Gasteiger partial charge is 0.238 e. The minimum atomic E-state index is -0.120. The number of fused-ring (bicyclic) bond motifs is 3. The number of benzene rings is 2. The van der Waals surface area contributed by atoms with Crippen molar-refractivity contribution in [2.75, 3.05) is 50.5 Å². The van der Waals surface area contributed by atoms with Crippen molar-refractivity contribution in [2.24, 2.45) is 11.7 Å². The number of amides is 1. The topological polar surface area (TPSA) is 107 Å². The summed E-state index contributed by atoms with van der Waals surface area (Å²) in [5.74, 6) is 0.313. The van der Waals surface area contributed by atoms with Crippen LogP contribution in [0.15, 0.2) is 42.5 Å². The Balaban J connectivity index is 1.36. The molecule has 0 atom stereocenters. The molecule has 1 aromatic heterocycles. The lowest BCUT2D eigenvalue weighted by Gasteiger charge is -2.30. The Morgan fingerprint density at radius 3 is 2.56 bits per heavy atom. The van der Waals surface area contributed by atoms with Crippen molar-refractivity contribution < 1.29 is 9.59 Å². The number of nitrogens with zero attached hydrogens (tertiary/aromatic N) is 3. The molecule has 0 bridgehead atoms. The van der Waals surface area contributed by atoms with E-state index >= 15 is 0 Å². The van der Waals surface area contributed by atoms with Gasteiger partial charge in [0, 0.05) is 30.9 Å². The zero-order valence-corrected chi connectivity index (χ0v) is 19.6. The standard InChI is InChI=1S/C26H30N6O2/c1-31(2)18-8-6-17(7-9-18)24-23-25(30-29-24)19-4-3-5-20(22(19)26(23)34)28-21(33)15-32-12-10-16(14-27)11-13-32/h3-9,16H,10-15,27H2,1-2H3,(H,28,33)(H,29,30). The number of anilines is 2. The van der Waals surface area contributed by atoms with Crippen molar-refractivity contribution in [3.8, 4) is 22.5 Å². The van der Waals surface area contributed by atoms with E-state index in [1.165, 1.54) is 0 Å². The van der Waals surface area contributed by atoms with Crippen LogP contribution in [0.25, 0.3) is 22.5 Å². The Bertz CT molecular complexity index is 1220. The molecule has 0 unspecified atom stereocenters. The van der Waals surface area contributed by atoms with Gasteiger partial charge in [-0.05, 0) is 56.6 Å². The van der Waals surface area contributed by atoms with Crippen LogP contribution in [0, 0.1) is 5.92 Å². The van der Waals surface area contributed by atoms with Crippen LogP contribution in [0.2, 0.25) is 0 Å². The highest BCUT2D eigenvalue weighted by atomic mass is 16.2. The molecule has 1 aliphatic heterocycles. The Hall–Kier alpha value is -3.49. The number of aromatic nitrogens is 2. The second kappa shape index (κ2) is 9.04. The fourth-order valence-corrected chi connectivity index (χ4v) is 4.89. The average molecular weight is 459 g/mol. The minimum Gasteiger partial charge on any atom is -0.378 e. The maximum Gasteiger partial charge on any atom is 0.238 e. The predicted molar refractivity (Wildman–Crippen MR) is 134 cm³/mol. The lowest BCUT2D eigenvalue weighted by molar-refractivity contribution is -0.117. The number of nitrogens with two attached hydrogens (primary N) is 1. The summed E-state index contributed by atoms with van der Waals surface area (Å²) in [5, 5.41) is 10.5. The van der Waals surface area contributed by atoms with Gasteiger partial charge in [-0.3, -0.25) is 19.6 Å². The third kappa shape index (κ3) is 3.99. The van der Waals surface area contributed by atoms with Gasteiger partial charge >= 0.3 is 0 Å². The summed E-state index contributed by atoms with van der Waals surface area (Å²) < 4.78 is 0. The van der Waals surface area contributed by atoms with Gasteiger partial charge in [-0.15, -0.1) is 0 Å². The summed E-state index contributed by atoms with van der Waals surface area (Å²) in [6.07, 6.45) is 2.03. The Labute approximate surface area is 199 Å². The van der Waals surface area contributed by atoms with Gasteiger partial charge < -0.3 is 16.0 Å². The number of nitrogens with one attached hydrogen (secondary N) is 2. The normalized spacial score (nSPS) is 15.8. The lowest BCUT2D eigenvalue weighted by Crippen LogP contribution is -2.40. The highest BCUT2D eigenvalue weighted by Gasteiger charge is 2.35. The quantitative estimate of drug-likeness (QED) is 0.410. The summed E-state index contributed by atoms with van der Waals surface area (Å²) >= 11 is 0. The van der Waals surface area contributed by atoms with Gasteiger partial charge in [0.1, 0.15) is 5.69 Å². The number of H-pyrrole nitrogens is 1. The van der Waals surface area contributed by atoms with Crippen LogP contribution in [-0.2, 0) is 4.79 Å². The number of hydrogen-bond acceptors (Lipinski definition) is 6. The molecule has 4 N–H and O–H groups in total. The summed E-state index contributed by atoms with van der Waals surface area (Å²) in [6, 6.07) is 13.5. The van der Waals surface area contributed by atoms with Gasteiger partial charge in [0.05, 0.1) is 29.1 Å². The average Bonchev–Trinajstić information content (AvgIpc) is 3.40. The molecule has 8 nitrogen and oxygen atoms in total. The third-order valence-corrected chi connectivity index (χ3v) is 6.89. The molecule has 8 heteroatoms. The molecule has 1 aliphatic carbocycles.